The van der Waals surface area contributed by atoms with Crippen LogP contribution in [-0.2, 0) is 33.8 Å². The molecule has 1 aromatic heterocycles. The molecule has 232 valence electrons. The summed E-state index contributed by atoms with van der Waals surface area (Å²) in [5.74, 6) is 0.0582. The van der Waals surface area contributed by atoms with Crippen LogP contribution in [0.15, 0.2) is 72.8 Å². The fourth-order valence-electron chi connectivity index (χ4n) is 3.95. The van der Waals surface area contributed by atoms with Gasteiger partial charge < -0.3 is 36.5 Å². The second kappa shape index (κ2) is 17.4. The van der Waals surface area contributed by atoms with Crippen LogP contribution in [0.3, 0.4) is 0 Å². The van der Waals surface area contributed by atoms with Gasteiger partial charge in [-0.1, -0.05) is 36.4 Å². The lowest BCUT2D eigenvalue weighted by molar-refractivity contribution is -0.120. The van der Waals surface area contributed by atoms with Crippen molar-refractivity contribution < 1.29 is 23.0 Å². The van der Waals surface area contributed by atoms with Crippen molar-refractivity contribution in [2.45, 2.75) is 19.5 Å². The van der Waals surface area contributed by atoms with Gasteiger partial charge >= 0.3 is 0 Å². The lowest BCUT2D eigenvalue weighted by Crippen LogP contribution is -2.29. The van der Waals surface area contributed by atoms with Gasteiger partial charge in [0.25, 0.3) is 0 Å². The third-order valence-corrected chi connectivity index (χ3v) is 6.12. The summed E-state index contributed by atoms with van der Waals surface area (Å²) in [7, 11) is 0. The maximum absolute atomic E-state index is 13.6. The predicted molar refractivity (Wildman–Crippen MR) is 164 cm³/mol. The largest absolute Gasteiger partial charge is 0.378 e. The Morgan fingerprint density at radius 3 is 2.02 bits per heavy atom. The van der Waals surface area contributed by atoms with Gasteiger partial charge in [0.1, 0.15) is 11.6 Å². The first-order valence-electron chi connectivity index (χ1n) is 14.2. The summed E-state index contributed by atoms with van der Waals surface area (Å²) in [5, 5.41) is 12.2. The number of aromatic nitrogens is 3. The number of amides is 1. The highest BCUT2D eigenvalue weighted by Gasteiger charge is 2.09. The number of benzene rings is 3. The third kappa shape index (κ3) is 11.5. The number of anilines is 4. The van der Waals surface area contributed by atoms with Crippen molar-refractivity contribution in [1.29, 1.82) is 0 Å². The van der Waals surface area contributed by atoms with E-state index in [0.717, 1.165) is 16.7 Å². The summed E-state index contributed by atoms with van der Waals surface area (Å²) in [6, 6.07) is 19.7. The number of nitrogens with one attached hydrogen (secondary N) is 4. The van der Waals surface area contributed by atoms with Crippen LogP contribution in [0, 0.1) is 11.6 Å². The Balaban J connectivity index is 1.33. The summed E-state index contributed by atoms with van der Waals surface area (Å²) < 4.78 is 37.6. The number of carbonyl (C=O) groups is 1. The Morgan fingerprint density at radius 2 is 1.34 bits per heavy atom. The van der Waals surface area contributed by atoms with E-state index in [4.69, 9.17) is 15.2 Å². The molecule has 1 heterocycles. The van der Waals surface area contributed by atoms with Crippen LogP contribution in [0.1, 0.15) is 16.7 Å². The molecule has 1 amide bonds. The fourth-order valence-corrected chi connectivity index (χ4v) is 3.95. The predicted octanol–water partition coefficient (Wildman–Crippen LogP) is 3.77. The van der Waals surface area contributed by atoms with E-state index >= 15 is 0 Å². The molecule has 0 atom stereocenters. The molecule has 0 saturated carbocycles. The molecule has 0 saturated heterocycles. The number of hydrogen-bond acceptors (Lipinski definition) is 10. The maximum Gasteiger partial charge on any atom is 0.233 e. The van der Waals surface area contributed by atoms with Gasteiger partial charge in [-0.25, -0.2) is 8.78 Å². The van der Waals surface area contributed by atoms with E-state index in [1.54, 1.807) is 24.3 Å². The third-order valence-electron chi connectivity index (χ3n) is 6.12. The van der Waals surface area contributed by atoms with Gasteiger partial charge in [0.15, 0.2) is 0 Å². The average molecular weight is 607 g/mol. The minimum atomic E-state index is -0.334. The van der Waals surface area contributed by atoms with Crippen LogP contribution in [-0.4, -0.2) is 60.4 Å². The quantitative estimate of drug-likeness (QED) is 0.106. The molecule has 11 nitrogen and oxygen atoms in total. The van der Waals surface area contributed by atoms with Crippen molar-refractivity contribution >= 4 is 29.4 Å². The van der Waals surface area contributed by atoms with Crippen LogP contribution in [0.2, 0.25) is 0 Å². The molecule has 0 unspecified atom stereocenters. The van der Waals surface area contributed by atoms with E-state index in [1.807, 2.05) is 24.3 Å². The normalized spacial score (nSPS) is 10.8. The van der Waals surface area contributed by atoms with Gasteiger partial charge in [-0.2, -0.15) is 15.0 Å². The van der Waals surface area contributed by atoms with Crippen molar-refractivity contribution in [3.8, 4) is 0 Å². The highest BCUT2D eigenvalue weighted by atomic mass is 19.1. The van der Waals surface area contributed by atoms with E-state index in [-0.39, 0.29) is 41.8 Å². The first-order chi connectivity index (χ1) is 21.5. The number of carbonyl (C=O) groups excluding carboxylic acids is 1. The average Bonchev–Trinajstić information content (AvgIpc) is 3.02. The molecule has 3 aromatic carbocycles. The van der Waals surface area contributed by atoms with E-state index in [1.165, 1.54) is 24.3 Å². The zero-order valence-electron chi connectivity index (χ0n) is 24.2. The van der Waals surface area contributed by atoms with Gasteiger partial charge in [-0.15, -0.1) is 0 Å². The Bertz CT molecular complexity index is 1460. The monoisotopic (exact) mass is 606 g/mol. The smallest absolute Gasteiger partial charge is 0.233 e. The summed E-state index contributed by atoms with van der Waals surface area (Å²) in [4.78, 5) is 25.6. The SMILES string of the molecule is NCCOCCOCCNC(=O)Cc1ccc(Nc2nc(NCc3ccc(F)cc3)nc(NCc3cccc(F)c3)n2)cc1. The Labute approximate surface area is 254 Å². The zero-order valence-corrected chi connectivity index (χ0v) is 24.2. The van der Waals surface area contributed by atoms with E-state index in [0.29, 0.717) is 58.3 Å². The van der Waals surface area contributed by atoms with Crippen molar-refractivity contribution in [1.82, 2.24) is 20.3 Å². The van der Waals surface area contributed by atoms with Gasteiger partial charge in [-0.05, 0) is 53.1 Å². The minimum absolute atomic E-state index is 0.114. The number of halogens is 2. The molecule has 44 heavy (non-hydrogen) atoms. The molecule has 0 fully saturated rings. The number of ether oxygens (including phenoxy) is 2. The fraction of sp³-hybridized carbons (Fsp3) is 0.290. The molecule has 0 aliphatic rings. The second-order valence-corrected chi connectivity index (χ2v) is 9.63. The van der Waals surface area contributed by atoms with Crippen LogP contribution in [0.25, 0.3) is 0 Å². The number of hydrogen-bond donors (Lipinski definition) is 5. The molecular formula is C31H36F2N8O3. The minimum Gasteiger partial charge on any atom is -0.378 e. The Kier molecular flexibility index (Phi) is 12.7. The van der Waals surface area contributed by atoms with E-state index in [9.17, 15) is 13.6 Å². The van der Waals surface area contributed by atoms with E-state index in [2.05, 4.69) is 36.2 Å². The lowest BCUT2D eigenvalue weighted by atomic mass is 10.1. The van der Waals surface area contributed by atoms with Crippen LogP contribution in [0.5, 0.6) is 0 Å². The molecule has 13 heteroatoms. The first-order valence-corrected chi connectivity index (χ1v) is 14.2. The van der Waals surface area contributed by atoms with Crippen molar-refractivity contribution in [2.24, 2.45) is 5.73 Å². The summed E-state index contributed by atoms with van der Waals surface area (Å²) >= 11 is 0. The Hall–Kier alpha value is -4.72. The lowest BCUT2D eigenvalue weighted by Gasteiger charge is -2.12. The zero-order chi connectivity index (χ0) is 31.0. The molecule has 0 spiro atoms. The maximum atomic E-state index is 13.6. The van der Waals surface area contributed by atoms with Crippen molar-refractivity contribution in [3.63, 3.8) is 0 Å². The van der Waals surface area contributed by atoms with Crippen molar-refractivity contribution in [2.75, 3.05) is 55.5 Å². The summed E-state index contributed by atoms with van der Waals surface area (Å²) in [5.41, 5.74) is 8.45. The molecule has 0 aliphatic carbocycles. The summed E-state index contributed by atoms with van der Waals surface area (Å²) in [6.45, 7) is 3.34. The Morgan fingerprint density at radius 1 is 0.705 bits per heavy atom. The number of nitrogens with zero attached hydrogens (tertiary/aromatic N) is 3. The standard InChI is InChI=1S/C31H36F2N8O3/c32-25-8-4-23(5-9-25)20-36-29-39-30(37-21-24-2-1-3-26(33)18-24)41-31(40-29)38-27-10-6-22(7-11-27)19-28(42)35-13-15-44-17-16-43-14-12-34/h1-11,18H,12-17,19-21,34H2,(H,35,42)(H3,36,37,38,39,40,41). The summed E-state index contributed by atoms with van der Waals surface area (Å²) in [6.07, 6.45) is 0.219. The molecule has 0 aliphatic heterocycles. The molecule has 0 bridgehead atoms. The van der Waals surface area contributed by atoms with Crippen LogP contribution in [0.4, 0.5) is 32.3 Å². The first kappa shape index (κ1) is 32.2. The molecule has 4 aromatic rings. The van der Waals surface area contributed by atoms with Gasteiger partial charge in [0, 0.05) is 31.9 Å². The molecule has 6 N–H and O–H groups in total. The molecular weight excluding hydrogens is 570 g/mol. The molecule has 0 radical (unpaired) electrons. The topological polar surface area (TPSA) is 148 Å². The van der Waals surface area contributed by atoms with Gasteiger partial charge in [0.05, 0.1) is 32.8 Å². The second-order valence-electron chi connectivity index (χ2n) is 9.63. The van der Waals surface area contributed by atoms with Gasteiger partial charge in [0.2, 0.25) is 23.8 Å². The number of nitrogens with two attached hydrogens (primary N) is 1. The highest BCUT2D eigenvalue weighted by molar-refractivity contribution is 5.78. The van der Waals surface area contributed by atoms with E-state index < -0.39 is 0 Å². The molecule has 4 rings (SSSR count). The number of rotatable bonds is 18. The van der Waals surface area contributed by atoms with Crippen LogP contribution < -0.4 is 27.0 Å². The van der Waals surface area contributed by atoms with Crippen molar-refractivity contribution in [3.05, 3.63) is 101 Å². The van der Waals surface area contributed by atoms with Crippen LogP contribution >= 0.6 is 0 Å². The van der Waals surface area contributed by atoms with Gasteiger partial charge in [-0.3, -0.25) is 4.79 Å². The highest BCUT2D eigenvalue weighted by Crippen LogP contribution is 2.18.